The van der Waals surface area contributed by atoms with Gasteiger partial charge in [0.2, 0.25) is 0 Å². The minimum absolute atomic E-state index is 0.166. The first-order chi connectivity index (χ1) is 13.7. The van der Waals surface area contributed by atoms with Gasteiger partial charge in [-0.15, -0.1) is 0 Å². The molecule has 0 aliphatic carbocycles. The number of methoxy groups -OCH3 is 1. The number of ether oxygens (including phenoxy) is 3. The molecule has 3 aromatic carbocycles. The molecule has 5 heteroatoms. The van der Waals surface area contributed by atoms with E-state index in [0.29, 0.717) is 24.5 Å². The summed E-state index contributed by atoms with van der Waals surface area (Å²) in [5, 5.41) is 2.96. The molecule has 0 radical (unpaired) electrons. The fourth-order valence-corrected chi connectivity index (χ4v) is 3.28. The van der Waals surface area contributed by atoms with E-state index < -0.39 is 0 Å². The van der Waals surface area contributed by atoms with Crippen molar-refractivity contribution in [1.29, 1.82) is 0 Å². The summed E-state index contributed by atoms with van der Waals surface area (Å²) in [7, 11) is 1.63. The van der Waals surface area contributed by atoms with E-state index in [0.717, 1.165) is 28.0 Å². The lowest BCUT2D eigenvalue weighted by molar-refractivity contribution is -0.0179. The maximum atomic E-state index is 12.7. The van der Waals surface area contributed by atoms with Gasteiger partial charge < -0.3 is 19.5 Å². The Morgan fingerprint density at radius 1 is 1.04 bits per heavy atom. The highest BCUT2D eigenvalue weighted by Gasteiger charge is 2.18. The van der Waals surface area contributed by atoms with Gasteiger partial charge in [-0.25, -0.2) is 0 Å². The van der Waals surface area contributed by atoms with Crippen LogP contribution in [0.3, 0.4) is 0 Å². The van der Waals surface area contributed by atoms with Crippen LogP contribution >= 0.6 is 0 Å². The normalized spacial score (nSPS) is 12.8. The van der Waals surface area contributed by atoms with Crippen LogP contribution in [0.2, 0.25) is 0 Å². The van der Waals surface area contributed by atoms with Gasteiger partial charge in [-0.2, -0.15) is 0 Å². The van der Waals surface area contributed by atoms with Crippen molar-refractivity contribution in [3.05, 3.63) is 83.4 Å². The van der Waals surface area contributed by atoms with Gasteiger partial charge >= 0.3 is 0 Å². The van der Waals surface area contributed by atoms with Crippen LogP contribution in [0.25, 0.3) is 11.1 Å². The van der Waals surface area contributed by atoms with E-state index in [4.69, 9.17) is 14.2 Å². The number of amides is 1. The number of anilines is 1. The molecule has 0 spiro atoms. The summed E-state index contributed by atoms with van der Waals surface area (Å²) in [6.07, 6.45) is 0. The lowest BCUT2D eigenvalue weighted by Gasteiger charge is -2.22. The minimum Gasteiger partial charge on any atom is -0.467 e. The first kappa shape index (κ1) is 18.2. The number of benzene rings is 3. The summed E-state index contributed by atoms with van der Waals surface area (Å²) in [4.78, 5) is 12.7. The molecule has 1 N–H and O–H groups in total. The summed E-state index contributed by atoms with van der Waals surface area (Å²) in [6.45, 7) is 1.07. The lowest BCUT2D eigenvalue weighted by atomic mass is 10.0. The van der Waals surface area contributed by atoms with Gasteiger partial charge in [0.1, 0.15) is 5.75 Å². The molecule has 4 rings (SSSR count). The average Bonchev–Trinajstić information content (AvgIpc) is 2.75. The SMILES string of the molecule is COCc1cc(NC(=O)c2ccc(-c3ccccc3)cc2)cc2c1OCOC2. The van der Waals surface area contributed by atoms with Gasteiger partial charge in [-0.3, -0.25) is 4.79 Å². The van der Waals surface area contributed by atoms with Crippen molar-refractivity contribution in [2.75, 3.05) is 19.2 Å². The van der Waals surface area contributed by atoms with E-state index in [1.54, 1.807) is 7.11 Å². The first-order valence-corrected chi connectivity index (χ1v) is 9.07. The Bertz CT molecular complexity index is 968. The molecule has 1 aliphatic rings. The molecule has 28 heavy (non-hydrogen) atoms. The smallest absolute Gasteiger partial charge is 0.255 e. The monoisotopic (exact) mass is 375 g/mol. The highest BCUT2D eigenvalue weighted by molar-refractivity contribution is 6.04. The number of carbonyl (C=O) groups excluding carboxylic acids is 1. The molecule has 0 unspecified atom stereocenters. The van der Waals surface area contributed by atoms with E-state index in [1.807, 2.05) is 66.7 Å². The van der Waals surface area contributed by atoms with Crippen molar-refractivity contribution >= 4 is 11.6 Å². The molecule has 5 nitrogen and oxygen atoms in total. The summed E-state index contributed by atoms with van der Waals surface area (Å²) >= 11 is 0. The van der Waals surface area contributed by atoms with Crippen LogP contribution in [0.1, 0.15) is 21.5 Å². The summed E-state index contributed by atoms with van der Waals surface area (Å²) in [6, 6.07) is 21.4. The second kappa shape index (κ2) is 8.25. The zero-order valence-electron chi connectivity index (χ0n) is 15.6. The summed E-state index contributed by atoms with van der Waals surface area (Å²) < 4.78 is 16.2. The average molecular weight is 375 g/mol. The largest absolute Gasteiger partial charge is 0.467 e. The summed E-state index contributed by atoms with van der Waals surface area (Å²) in [5.74, 6) is 0.610. The van der Waals surface area contributed by atoms with Gasteiger partial charge in [-0.1, -0.05) is 42.5 Å². The van der Waals surface area contributed by atoms with E-state index >= 15 is 0 Å². The van der Waals surface area contributed by atoms with Crippen LogP contribution in [0.15, 0.2) is 66.7 Å². The highest BCUT2D eigenvalue weighted by Crippen LogP contribution is 2.32. The predicted molar refractivity (Wildman–Crippen MR) is 107 cm³/mol. The van der Waals surface area contributed by atoms with Crippen molar-refractivity contribution in [3.63, 3.8) is 0 Å². The van der Waals surface area contributed by atoms with Crippen molar-refractivity contribution in [1.82, 2.24) is 0 Å². The van der Waals surface area contributed by atoms with Crippen molar-refractivity contribution in [2.24, 2.45) is 0 Å². The maximum Gasteiger partial charge on any atom is 0.255 e. The van der Waals surface area contributed by atoms with Gasteiger partial charge in [0.25, 0.3) is 5.91 Å². The van der Waals surface area contributed by atoms with Gasteiger partial charge in [0.15, 0.2) is 6.79 Å². The predicted octanol–water partition coefficient (Wildman–Crippen LogP) is 4.62. The minimum atomic E-state index is -0.166. The van der Waals surface area contributed by atoms with Crippen molar-refractivity contribution < 1.29 is 19.0 Å². The Labute approximate surface area is 163 Å². The number of carbonyl (C=O) groups is 1. The number of fused-ring (bicyclic) bond motifs is 1. The summed E-state index contributed by atoms with van der Waals surface area (Å²) in [5.41, 5.74) is 5.26. The lowest BCUT2D eigenvalue weighted by Crippen LogP contribution is -2.16. The highest BCUT2D eigenvalue weighted by atomic mass is 16.7. The third-order valence-corrected chi connectivity index (χ3v) is 4.60. The van der Waals surface area contributed by atoms with Crippen molar-refractivity contribution in [2.45, 2.75) is 13.2 Å². The molecule has 0 bridgehead atoms. The number of nitrogens with one attached hydrogen (secondary N) is 1. The Kier molecular flexibility index (Phi) is 5.37. The number of hydrogen-bond donors (Lipinski definition) is 1. The molecular formula is C23H21NO4. The Morgan fingerprint density at radius 3 is 2.54 bits per heavy atom. The molecule has 0 saturated heterocycles. The van der Waals surface area contributed by atoms with E-state index in [9.17, 15) is 4.79 Å². The second-order valence-corrected chi connectivity index (χ2v) is 6.56. The number of hydrogen-bond acceptors (Lipinski definition) is 4. The quantitative estimate of drug-likeness (QED) is 0.707. The molecular weight excluding hydrogens is 354 g/mol. The van der Waals surface area contributed by atoms with Crippen LogP contribution in [0, 0.1) is 0 Å². The van der Waals surface area contributed by atoms with Crippen LogP contribution < -0.4 is 10.1 Å². The topological polar surface area (TPSA) is 56.8 Å². The second-order valence-electron chi connectivity index (χ2n) is 6.56. The number of rotatable bonds is 5. The maximum absolute atomic E-state index is 12.7. The molecule has 0 atom stereocenters. The van der Waals surface area contributed by atoms with Crippen LogP contribution in [-0.2, 0) is 22.7 Å². The fraction of sp³-hybridized carbons (Fsp3) is 0.174. The van der Waals surface area contributed by atoms with E-state index in [1.165, 1.54) is 0 Å². The Morgan fingerprint density at radius 2 is 1.79 bits per heavy atom. The molecule has 0 aromatic heterocycles. The molecule has 3 aromatic rings. The van der Waals surface area contributed by atoms with Crippen LogP contribution in [0.4, 0.5) is 5.69 Å². The first-order valence-electron chi connectivity index (χ1n) is 9.07. The van der Waals surface area contributed by atoms with Crippen LogP contribution in [0.5, 0.6) is 5.75 Å². The molecule has 0 saturated carbocycles. The van der Waals surface area contributed by atoms with Gasteiger partial charge in [0.05, 0.1) is 13.2 Å². The standard InChI is InChI=1S/C23H21NO4/c1-26-13-19-11-21(12-20-14-27-15-28-22(19)20)24-23(25)18-9-7-17(8-10-18)16-5-3-2-4-6-16/h2-12H,13-15H2,1H3,(H,24,25). The molecule has 142 valence electrons. The van der Waals surface area contributed by atoms with Crippen molar-refractivity contribution in [3.8, 4) is 16.9 Å². The zero-order valence-corrected chi connectivity index (χ0v) is 15.6. The molecule has 1 heterocycles. The van der Waals surface area contributed by atoms with Gasteiger partial charge in [0, 0.05) is 29.5 Å². The molecule has 0 fully saturated rings. The van der Waals surface area contributed by atoms with E-state index in [2.05, 4.69) is 5.32 Å². The van der Waals surface area contributed by atoms with Crippen LogP contribution in [-0.4, -0.2) is 19.8 Å². The molecule has 1 aliphatic heterocycles. The zero-order chi connectivity index (χ0) is 19.3. The fourth-order valence-electron chi connectivity index (χ4n) is 3.28. The Hall–Kier alpha value is -3.15. The third kappa shape index (κ3) is 3.91. The Balaban J connectivity index is 1.54. The third-order valence-electron chi connectivity index (χ3n) is 4.60. The molecule has 1 amide bonds. The van der Waals surface area contributed by atoms with E-state index in [-0.39, 0.29) is 12.7 Å². The van der Waals surface area contributed by atoms with Gasteiger partial charge in [-0.05, 0) is 35.4 Å².